The first-order chi connectivity index (χ1) is 34.6. The minimum atomic E-state index is -0.633. The van der Waals surface area contributed by atoms with Gasteiger partial charge in [-0.15, -0.1) is 0 Å². The quantitative estimate of drug-likeness (QED) is 0.144. The van der Waals surface area contributed by atoms with Crippen molar-refractivity contribution in [2.75, 3.05) is 16.5 Å². The van der Waals surface area contributed by atoms with Crippen molar-refractivity contribution in [3.05, 3.63) is 242 Å². The van der Waals surface area contributed by atoms with E-state index < -0.39 is 11.6 Å². The summed E-state index contributed by atoms with van der Waals surface area (Å²) in [6.45, 7) is 7.06. The maximum absolute atomic E-state index is 15.1. The molecular formula is C64H48F2N4O. The Morgan fingerprint density at radius 1 is 0.451 bits per heavy atom. The molecule has 1 aliphatic heterocycles. The highest BCUT2D eigenvalue weighted by molar-refractivity contribution is 6.09. The Hall–Kier alpha value is -8.81. The second kappa shape index (κ2) is 17.6. The van der Waals surface area contributed by atoms with E-state index in [4.69, 9.17) is 9.72 Å². The third-order valence-corrected chi connectivity index (χ3v) is 13.6. The van der Waals surface area contributed by atoms with Crippen molar-refractivity contribution in [1.82, 2.24) is 9.55 Å². The highest BCUT2D eigenvalue weighted by Gasteiger charge is 2.32. The predicted octanol–water partition coefficient (Wildman–Crippen LogP) is 17.5. The zero-order valence-electron chi connectivity index (χ0n) is 39.5. The Morgan fingerprint density at radius 3 is 1.75 bits per heavy atom. The van der Waals surface area contributed by atoms with Gasteiger partial charge in [0.15, 0.2) is 0 Å². The maximum Gasteiger partial charge on any atom is 0.137 e. The van der Waals surface area contributed by atoms with Crippen molar-refractivity contribution in [2.24, 2.45) is 0 Å². The molecule has 0 N–H and O–H groups in total. The highest BCUT2D eigenvalue weighted by atomic mass is 19.1. The molecule has 2 aromatic heterocycles. The van der Waals surface area contributed by atoms with Gasteiger partial charge in [0.1, 0.15) is 35.6 Å². The molecule has 0 saturated heterocycles. The number of nitrogens with zero attached hydrogens (tertiary/aromatic N) is 4. The molecule has 0 amide bonds. The Balaban J connectivity index is 1.03. The molecule has 0 bridgehead atoms. The van der Waals surface area contributed by atoms with Crippen LogP contribution >= 0.6 is 0 Å². The van der Waals surface area contributed by atoms with Crippen molar-refractivity contribution in [1.29, 1.82) is 0 Å². The van der Waals surface area contributed by atoms with E-state index in [-0.39, 0.29) is 5.41 Å². The lowest BCUT2D eigenvalue weighted by Gasteiger charge is -2.27. The molecule has 0 spiro atoms. The van der Waals surface area contributed by atoms with Crippen molar-refractivity contribution >= 4 is 44.6 Å². The van der Waals surface area contributed by atoms with Gasteiger partial charge in [0, 0.05) is 52.0 Å². The normalized spacial score (nSPS) is 12.5. The van der Waals surface area contributed by atoms with Crippen LogP contribution in [0.2, 0.25) is 0 Å². The molecule has 0 radical (unpaired) electrons. The van der Waals surface area contributed by atoms with Gasteiger partial charge in [0.25, 0.3) is 0 Å². The molecule has 3 heterocycles. The van der Waals surface area contributed by atoms with Crippen LogP contribution in [0.5, 0.6) is 11.5 Å². The van der Waals surface area contributed by atoms with Crippen molar-refractivity contribution in [3.63, 3.8) is 0 Å². The average molecular weight is 927 g/mol. The number of anilines is 4. The first-order valence-electron chi connectivity index (χ1n) is 23.9. The smallest absolute Gasteiger partial charge is 0.137 e. The first-order valence-corrected chi connectivity index (χ1v) is 23.9. The van der Waals surface area contributed by atoms with Gasteiger partial charge in [-0.2, -0.15) is 0 Å². The molecule has 0 saturated carbocycles. The second-order valence-electron chi connectivity index (χ2n) is 19.1. The van der Waals surface area contributed by atoms with Crippen LogP contribution in [0.1, 0.15) is 26.3 Å². The fourth-order valence-electron chi connectivity index (χ4n) is 10.2. The molecular weight excluding hydrogens is 879 g/mol. The summed E-state index contributed by atoms with van der Waals surface area (Å²) < 4.78 is 39.5. The van der Waals surface area contributed by atoms with Crippen LogP contribution in [0, 0.1) is 11.6 Å². The summed E-state index contributed by atoms with van der Waals surface area (Å²) in [6.07, 6.45) is 1.90. The lowest BCUT2D eigenvalue weighted by Crippen LogP contribution is -2.25. The summed E-state index contributed by atoms with van der Waals surface area (Å²) in [5.74, 6) is 0.921. The fourth-order valence-corrected chi connectivity index (χ4v) is 10.2. The summed E-state index contributed by atoms with van der Waals surface area (Å²) >= 11 is 0. The van der Waals surface area contributed by atoms with Crippen LogP contribution < -0.4 is 14.5 Å². The number of ether oxygens (including phenoxy) is 1. The van der Waals surface area contributed by atoms with Gasteiger partial charge in [-0.1, -0.05) is 154 Å². The van der Waals surface area contributed by atoms with Gasteiger partial charge in [-0.3, -0.25) is 4.57 Å². The SMILES string of the molecule is CC(C)(C)c1ccnc(-n2c3ccccc3c3ccc(Oc4cc(-c5ccccc5-c5ccccc5)cc(N5CN(c6c(-c7ccccc7)cccc6-c6cc(F)cc(F)c6)c6ccccc65)c4)cc32)c1. The first kappa shape index (κ1) is 43.5. The molecule has 0 unspecified atom stereocenters. The standard InChI is InChI=1S/C64H48F2N4O/c1-64(2,3)46-31-32-67-62(37-46)70-58-26-13-12-23-56(58)57-30-29-50(40-61(57)70)71-51-36-45(53-22-11-10-21-52(53)42-17-6-4-7-18-42)35-49(39-51)68-41-69(60-28-15-14-27-59(60)68)63-54(43-19-8-5-9-20-43)24-16-25-55(63)44-33-47(65)38-48(66)34-44/h4-40H,41H2,1-3H3. The van der Waals surface area contributed by atoms with E-state index in [9.17, 15) is 0 Å². The number of aromatic nitrogens is 2. The van der Waals surface area contributed by atoms with Crippen LogP contribution in [0.3, 0.4) is 0 Å². The molecule has 1 aliphatic rings. The Morgan fingerprint density at radius 2 is 1.03 bits per heavy atom. The van der Waals surface area contributed by atoms with Crippen LogP contribution in [0.4, 0.5) is 31.5 Å². The zero-order valence-corrected chi connectivity index (χ0v) is 39.5. The number of para-hydroxylation sites is 4. The van der Waals surface area contributed by atoms with E-state index in [2.05, 4.69) is 181 Å². The summed E-state index contributed by atoms with van der Waals surface area (Å²) in [5.41, 5.74) is 14.2. The Kier molecular flexibility index (Phi) is 10.8. The van der Waals surface area contributed by atoms with Gasteiger partial charge in [0.05, 0.1) is 28.1 Å². The molecule has 7 heteroatoms. The van der Waals surface area contributed by atoms with Gasteiger partial charge < -0.3 is 14.5 Å². The van der Waals surface area contributed by atoms with Crippen molar-refractivity contribution < 1.29 is 13.5 Å². The van der Waals surface area contributed by atoms with Gasteiger partial charge in [-0.05, 0) is 111 Å². The largest absolute Gasteiger partial charge is 0.457 e. The summed E-state index contributed by atoms with van der Waals surface area (Å²) in [4.78, 5) is 9.48. The minimum Gasteiger partial charge on any atom is -0.457 e. The van der Waals surface area contributed by atoms with E-state index >= 15 is 8.78 Å². The number of pyridine rings is 1. The second-order valence-corrected chi connectivity index (χ2v) is 19.1. The van der Waals surface area contributed by atoms with Gasteiger partial charge in [0.2, 0.25) is 0 Å². The molecule has 71 heavy (non-hydrogen) atoms. The third kappa shape index (κ3) is 8.05. The van der Waals surface area contributed by atoms with E-state index in [1.165, 1.54) is 17.7 Å². The summed E-state index contributed by atoms with van der Waals surface area (Å²) in [7, 11) is 0. The maximum atomic E-state index is 15.1. The molecule has 0 fully saturated rings. The number of benzene rings is 9. The van der Waals surface area contributed by atoms with Crippen LogP contribution in [-0.2, 0) is 5.41 Å². The predicted molar refractivity (Wildman–Crippen MR) is 287 cm³/mol. The monoisotopic (exact) mass is 926 g/mol. The summed E-state index contributed by atoms with van der Waals surface area (Å²) in [6, 6.07) is 72.7. The minimum absolute atomic E-state index is 0.0618. The van der Waals surface area contributed by atoms with Crippen LogP contribution in [0.25, 0.3) is 72.1 Å². The van der Waals surface area contributed by atoms with E-state index in [1.54, 1.807) is 0 Å². The van der Waals surface area contributed by atoms with E-state index in [0.717, 1.165) is 89.8 Å². The molecule has 0 atom stereocenters. The van der Waals surface area contributed by atoms with Crippen molar-refractivity contribution in [2.45, 2.75) is 26.2 Å². The number of hydrogen-bond acceptors (Lipinski definition) is 4. The Bertz CT molecular complexity index is 3780. The number of halogens is 2. The summed E-state index contributed by atoms with van der Waals surface area (Å²) in [5, 5.41) is 2.24. The lowest BCUT2D eigenvalue weighted by molar-refractivity contribution is 0.483. The van der Waals surface area contributed by atoms with E-state index in [0.29, 0.717) is 29.3 Å². The van der Waals surface area contributed by atoms with Crippen LogP contribution in [0.15, 0.2) is 225 Å². The van der Waals surface area contributed by atoms with E-state index in [1.807, 2.05) is 60.8 Å². The lowest BCUT2D eigenvalue weighted by atomic mass is 9.88. The third-order valence-electron chi connectivity index (χ3n) is 13.6. The topological polar surface area (TPSA) is 33.5 Å². The fraction of sp³-hybridized carbons (Fsp3) is 0.0781. The van der Waals surface area contributed by atoms with Crippen molar-refractivity contribution in [3.8, 4) is 61.8 Å². The molecule has 11 aromatic rings. The number of hydrogen-bond donors (Lipinski definition) is 0. The molecule has 12 rings (SSSR count). The Labute approximate surface area is 412 Å². The molecule has 5 nitrogen and oxygen atoms in total. The number of rotatable bonds is 9. The van der Waals surface area contributed by atoms with Crippen LogP contribution in [-0.4, -0.2) is 16.2 Å². The highest BCUT2D eigenvalue weighted by Crippen LogP contribution is 2.51. The average Bonchev–Trinajstić information content (AvgIpc) is 3.94. The number of fused-ring (bicyclic) bond motifs is 4. The molecule has 0 aliphatic carbocycles. The van der Waals surface area contributed by atoms with Gasteiger partial charge in [-0.25, -0.2) is 13.8 Å². The zero-order chi connectivity index (χ0) is 48.2. The molecule has 9 aromatic carbocycles. The van der Waals surface area contributed by atoms with Gasteiger partial charge >= 0.3 is 0 Å². The molecule has 344 valence electrons.